The van der Waals surface area contributed by atoms with Gasteiger partial charge in [-0.3, -0.25) is 0 Å². The van der Waals surface area contributed by atoms with Gasteiger partial charge in [-0.2, -0.15) is 31.6 Å². The summed E-state index contributed by atoms with van der Waals surface area (Å²) in [5.41, 5.74) is 7.21. The molecule has 9 aromatic rings. The predicted octanol–water partition coefficient (Wildman–Crippen LogP) is 13.7. The van der Waals surface area contributed by atoms with E-state index >= 15 is 0 Å². The third-order valence-electron chi connectivity index (χ3n) is 10.6. The third kappa shape index (κ3) is 5.60. The minimum absolute atomic E-state index is 0.390. The fourth-order valence-corrected chi connectivity index (χ4v) is 8.05. The molecule has 7 aromatic carbocycles. The van der Waals surface area contributed by atoms with Gasteiger partial charge in [0.2, 0.25) is 0 Å². The summed E-state index contributed by atoms with van der Waals surface area (Å²) in [6.07, 6.45) is -9.10. The number of hydrogen-bond acceptors (Lipinski definition) is 1. The van der Waals surface area contributed by atoms with E-state index in [9.17, 15) is 31.6 Å². The van der Waals surface area contributed by atoms with Crippen LogP contribution < -0.4 is 0 Å². The second-order valence-electron chi connectivity index (χ2n) is 14.1. The molecule has 9 rings (SSSR count). The SMILES string of the molecule is Cc1ccc2c(c1)c1ccccc1n2-c1ccc(C#N)cc1-c1ccc(-c2ccc(C(F)(F)F)cc2C)cc1-n1c2ccccc2c2cc(C(F)(F)F)ccc21. The lowest BCUT2D eigenvalue weighted by molar-refractivity contribution is -0.138. The second-order valence-corrected chi connectivity index (χ2v) is 14.1. The lowest BCUT2D eigenvalue weighted by Gasteiger charge is -2.20. The number of aryl methyl sites for hydroxylation is 2. The Morgan fingerprint density at radius 2 is 1.02 bits per heavy atom. The van der Waals surface area contributed by atoms with Gasteiger partial charge in [0, 0.05) is 32.7 Å². The molecule has 0 bridgehead atoms. The van der Waals surface area contributed by atoms with Crippen molar-refractivity contribution in [3.63, 3.8) is 0 Å². The lowest BCUT2D eigenvalue weighted by atomic mass is 9.93. The van der Waals surface area contributed by atoms with Crippen molar-refractivity contribution in [1.82, 2.24) is 9.13 Å². The van der Waals surface area contributed by atoms with E-state index in [0.717, 1.165) is 57.3 Å². The Bertz CT molecular complexity index is 3100. The second kappa shape index (κ2) is 12.6. The van der Waals surface area contributed by atoms with Crippen LogP contribution in [0.3, 0.4) is 0 Å². The molecule has 0 unspecified atom stereocenters. The van der Waals surface area contributed by atoms with E-state index in [4.69, 9.17) is 0 Å². The Hall–Kier alpha value is -6.79. The van der Waals surface area contributed by atoms with Gasteiger partial charge in [-0.1, -0.05) is 66.2 Å². The number of nitrogens with zero attached hydrogens (tertiary/aromatic N) is 3. The van der Waals surface area contributed by atoms with Crippen LogP contribution in [-0.4, -0.2) is 9.13 Å². The summed E-state index contributed by atoms with van der Waals surface area (Å²) in [6, 6.07) is 42.1. The molecule has 0 aliphatic heterocycles. The summed E-state index contributed by atoms with van der Waals surface area (Å²) in [6.45, 7) is 3.66. The van der Waals surface area contributed by atoms with E-state index in [1.807, 2.05) is 78.2 Å². The molecule has 0 atom stereocenters. The Morgan fingerprint density at radius 3 is 1.66 bits per heavy atom. The van der Waals surface area contributed by atoms with E-state index < -0.39 is 23.5 Å². The van der Waals surface area contributed by atoms with Gasteiger partial charge in [-0.25, -0.2) is 0 Å². The van der Waals surface area contributed by atoms with Gasteiger partial charge in [-0.15, -0.1) is 0 Å². The number of alkyl halides is 6. The van der Waals surface area contributed by atoms with E-state index in [2.05, 4.69) is 28.8 Å². The first-order valence-corrected chi connectivity index (χ1v) is 17.8. The molecule has 2 aromatic heterocycles. The molecule has 0 aliphatic carbocycles. The van der Waals surface area contributed by atoms with Crippen molar-refractivity contribution in [2.45, 2.75) is 26.2 Å². The van der Waals surface area contributed by atoms with E-state index in [-0.39, 0.29) is 0 Å². The Balaban J connectivity index is 1.40. The highest BCUT2D eigenvalue weighted by atomic mass is 19.4. The molecular formula is C47H29F6N3. The highest BCUT2D eigenvalue weighted by molar-refractivity contribution is 6.12. The molecule has 2 heterocycles. The van der Waals surface area contributed by atoms with Crippen LogP contribution in [0.25, 0.3) is 77.2 Å². The Morgan fingerprint density at radius 1 is 0.464 bits per heavy atom. The van der Waals surface area contributed by atoms with Crippen molar-refractivity contribution in [2.24, 2.45) is 0 Å². The van der Waals surface area contributed by atoms with Gasteiger partial charge in [0.05, 0.1) is 56.2 Å². The van der Waals surface area contributed by atoms with Crippen LogP contribution in [0.4, 0.5) is 26.3 Å². The van der Waals surface area contributed by atoms with Crippen molar-refractivity contribution in [1.29, 1.82) is 5.26 Å². The highest BCUT2D eigenvalue weighted by Gasteiger charge is 2.32. The number of fused-ring (bicyclic) bond motifs is 6. The molecule has 0 aliphatic rings. The first kappa shape index (κ1) is 34.9. The minimum Gasteiger partial charge on any atom is -0.309 e. The monoisotopic (exact) mass is 749 g/mol. The Kier molecular flexibility index (Phi) is 7.89. The summed E-state index contributed by atoms with van der Waals surface area (Å²) < 4.78 is 87.5. The molecule has 0 radical (unpaired) electrons. The smallest absolute Gasteiger partial charge is 0.309 e. The van der Waals surface area contributed by atoms with Crippen LogP contribution in [0.5, 0.6) is 0 Å². The van der Waals surface area contributed by atoms with Gasteiger partial charge >= 0.3 is 12.4 Å². The van der Waals surface area contributed by atoms with Gasteiger partial charge < -0.3 is 9.13 Å². The average Bonchev–Trinajstić information content (AvgIpc) is 3.69. The molecule has 0 fully saturated rings. The van der Waals surface area contributed by atoms with Crippen LogP contribution in [0, 0.1) is 25.2 Å². The van der Waals surface area contributed by atoms with Crippen molar-refractivity contribution in [3.8, 4) is 39.7 Å². The zero-order valence-corrected chi connectivity index (χ0v) is 29.9. The molecular weight excluding hydrogens is 721 g/mol. The summed E-state index contributed by atoms with van der Waals surface area (Å²) in [4.78, 5) is 0. The van der Waals surface area contributed by atoms with Crippen molar-refractivity contribution < 1.29 is 26.3 Å². The van der Waals surface area contributed by atoms with Crippen LogP contribution in [-0.2, 0) is 12.4 Å². The van der Waals surface area contributed by atoms with Crippen LogP contribution in [0.15, 0.2) is 140 Å². The summed E-state index contributed by atoms with van der Waals surface area (Å²) in [7, 11) is 0. The predicted molar refractivity (Wildman–Crippen MR) is 210 cm³/mol. The van der Waals surface area contributed by atoms with Crippen LogP contribution in [0.1, 0.15) is 27.8 Å². The Labute approximate surface area is 316 Å². The highest BCUT2D eigenvalue weighted by Crippen LogP contribution is 2.44. The van der Waals surface area contributed by atoms with E-state index in [0.29, 0.717) is 60.9 Å². The standard InChI is InChI=1S/C47H29F6N3/c1-27-11-18-42-37(21-27)34-7-3-5-9-40(34)55(42)43-19-12-29(26-54)23-38(43)36-16-13-30(33-17-14-31(22-28(33)2)46(48,49)50)24-45(36)56-41-10-6-4-8-35(41)39-25-32(47(51,52)53)15-20-44(39)56/h3-25H,1-2H3. The molecule has 0 saturated heterocycles. The maximum Gasteiger partial charge on any atom is 0.416 e. The summed E-state index contributed by atoms with van der Waals surface area (Å²) in [5.74, 6) is 0. The van der Waals surface area contributed by atoms with Crippen LogP contribution in [0.2, 0.25) is 0 Å². The number of para-hydroxylation sites is 2. The normalized spacial score (nSPS) is 12.3. The van der Waals surface area contributed by atoms with Gasteiger partial charge in [0.25, 0.3) is 0 Å². The maximum absolute atomic E-state index is 14.1. The fourth-order valence-electron chi connectivity index (χ4n) is 8.05. The quantitative estimate of drug-likeness (QED) is 0.165. The zero-order valence-electron chi connectivity index (χ0n) is 29.9. The molecule has 9 heteroatoms. The third-order valence-corrected chi connectivity index (χ3v) is 10.6. The molecule has 0 N–H and O–H groups in total. The van der Waals surface area contributed by atoms with Crippen molar-refractivity contribution in [3.05, 3.63) is 167 Å². The van der Waals surface area contributed by atoms with Gasteiger partial charge in [-0.05, 0) is 109 Å². The molecule has 0 amide bonds. The topological polar surface area (TPSA) is 33.6 Å². The molecule has 274 valence electrons. The summed E-state index contributed by atoms with van der Waals surface area (Å²) >= 11 is 0. The maximum atomic E-state index is 14.1. The number of nitriles is 1. The van der Waals surface area contributed by atoms with Crippen molar-refractivity contribution in [2.75, 3.05) is 0 Å². The lowest BCUT2D eigenvalue weighted by Crippen LogP contribution is -2.06. The number of hydrogen-bond donors (Lipinski definition) is 0. The van der Waals surface area contributed by atoms with Crippen molar-refractivity contribution >= 4 is 43.6 Å². The number of benzene rings is 7. The minimum atomic E-state index is -4.57. The van der Waals surface area contributed by atoms with E-state index in [1.54, 1.807) is 25.1 Å². The van der Waals surface area contributed by atoms with Gasteiger partial charge in [0.1, 0.15) is 0 Å². The van der Waals surface area contributed by atoms with Gasteiger partial charge in [0.15, 0.2) is 0 Å². The number of halogens is 6. The first-order valence-electron chi connectivity index (χ1n) is 17.8. The molecule has 0 spiro atoms. The molecule has 0 saturated carbocycles. The summed E-state index contributed by atoms with van der Waals surface area (Å²) in [5, 5.41) is 13.3. The largest absolute Gasteiger partial charge is 0.416 e. The van der Waals surface area contributed by atoms with Crippen LogP contribution >= 0.6 is 0 Å². The zero-order chi connectivity index (χ0) is 39.1. The molecule has 3 nitrogen and oxygen atoms in total. The number of rotatable bonds is 4. The fraction of sp³-hybridized carbons (Fsp3) is 0.0851. The average molecular weight is 750 g/mol. The number of aromatic nitrogens is 2. The first-order chi connectivity index (χ1) is 26.8. The van der Waals surface area contributed by atoms with E-state index in [1.165, 1.54) is 12.1 Å². The molecule has 56 heavy (non-hydrogen) atoms.